The average molecular weight is 472 g/mol. The molecule has 0 heterocycles. The highest BCUT2D eigenvalue weighted by Crippen LogP contribution is 2.17. The van der Waals surface area contributed by atoms with Crippen molar-refractivity contribution in [3.05, 3.63) is 65.7 Å². The summed E-state index contributed by atoms with van der Waals surface area (Å²) in [5.74, 6) is -0.480. The topological polar surface area (TPSA) is 114 Å². The van der Waals surface area contributed by atoms with Gasteiger partial charge >= 0.3 is 5.97 Å². The number of ether oxygens (including phenoxy) is 4. The number of ketones is 2. The molecule has 8 heteroatoms. The van der Waals surface area contributed by atoms with E-state index >= 15 is 0 Å². The number of hydrogen-bond acceptors (Lipinski definition) is 8. The fourth-order valence-corrected chi connectivity index (χ4v) is 3.05. The smallest absolute Gasteiger partial charge is 0.345 e. The van der Waals surface area contributed by atoms with Crippen LogP contribution in [0.15, 0.2) is 54.6 Å². The number of methoxy groups -OCH3 is 1. The first-order valence-electron chi connectivity index (χ1n) is 11.2. The lowest BCUT2D eigenvalue weighted by molar-refractivity contribution is -0.151. The fraction of sp³-hybridized carbons (Fsp3) is 0.423. The standard InChI is InChI=1S/C26H33NO7/c1-26(2,22(28)17-31-3)33-15-8-7-14-23(27)34-24(29)18-32-21-13-9-12-20(16-21)25(30)19-10-5-4-6-11-19/h4-6,9-13,16,23H,7-8,14-15,17-18,27H2,1-3H3. The molecule has 0 radical (unpaired) electrons. The van der Waals surface area contributed by atoms with E-state index < -0.39 is 17.8 Å². The Morgan fingerprint density at radius 2 is 1.65 bits per heavy atom. The summed E-state index contributed by atoms with van der Waals surface area (Å²) >= 11 is 0. The number of hydrogen-bond donors (Lipinski definition) is 1. The lowest BCUT2D eigenvalue weighted by atomic mass is 10.0. The van der Waals surface area contributed by atoms with Gasteiger partial charge in [-0.05, 0) is 45.2 Å². The van der Waals surface area contributed by atoms with Crippen molar-refractivity contribution in [1.82, 2.24) is 0 Å². The average Bonchev–Trinajstić information content (AvgIpc) is 2.83. The van der Waals surface area contributed by atoms with Crippen molar-refractivity contribution in [2.24, 2.45) is 5.73 Å². The van der Waals surface area contributed by atoms with Gasteiger partial charge in [0.15, 0.2) is 24.4 Å². The quantitative estimate of drug-likeness (QED) is 0.182. The molecule has 2 aromatic rings. The number of unbranched alkanes of at least 4 members (excludes halogenated alkanes) is 1. The summed E-state index contributed by atoms with van der Waals surface area (Å²) in [5.41, 5.74) is 5.99. The van der Waals surface area contributed by atoms with Crippen LogP contribution in [-0.2, 0) is 23.8 Å². The second kappa shape index (κ2) is 13.6. The second-order valence-corrected chi connectivity index (χ2v) is 8.25. The van der Waals surface area contributed by atoms with Crippen molar-refractivity contribution in [2.75, 3.05) is 26.9 Å². The Kier molecular flexibility index (Phi) is 10.9. The summed E-state index contributed by atoms with van der Waals surface area (Å²) in [6.07, 6.45) is 0.995. The van der Waals surface area contributed by atoms with Crippen LogP contribution in [0, 0.1) is 0 Å². The predicted octanol–water partition coefficient (Wildman–Crippen LogP) is 3.31. The number of carbonyl (C=O) groups excluding carboxylic acids is 3. The molecular formula is C26H33NO7. The van der Waals surface area contributed by atoms with Crippen molar-refractivity contribution in [1.29, 1.82) is 0 Å². The van der Waals surface area contributed by atoms with Crippen molar-refractivity contribution >= 4 is 17.5 Å². The minimum absolute atomic E-state index is 0.00350. The van der Waals surface area contributed by atoms with E-state index in [1.54, 1.807) is 62.4 Å². The molecule has 0 amide bonds. The zero-order valence-corrected chi connectivity index (χ0v) is 20.0. The predicted molar refractivity (Wildman–Crippen MR) is 127 cm³/mol. The van der Waals surface area contributed by atoms with Gasteiger partial charge in [0, 0.05) is 24.8 Å². The SMILES string of the molecule is COCC(=O)C(C)(C)OCCCCC(N)OC(=O)COc1cccc(C(=O)c2ccccc2)c1. The highest BCUT2D eigenvalue weighted by atomic mass is 16.6. The van der Waals surface area contributed by atoms with Gasteiger partial charge in [0.25, 0.3) is 0 Å². The fourth-order valence-electron chi connectivity index (χ4n) is 3.05. The zero-order chi connectivity index (χ0) is 25.0. The summed E-state index contributed by atoms with van der Waals surface area (Å²) in [7, 11) is 1.46. The van der Waals surface area contributed by atoms with E-state index in [9.17, 15) is 14.4 Å². The van der Waals surface area contributed by atoms with Gasteiger partial charge < -0.3 is 18.9 Å². The summed E-state index contributed by atoms with van der Waals surface area (Å²) in [5, 5.41) is 0. The summed E-state index contributed by atoms with van der Waals surface area (Å²) in [6, 6.07) is 15.5. The molecule has 0 aliphatic heterocycles. The number of esters is 1. The van der Waals surface area contributed by atoms with Gasteiger partial charge in [0.1, 0.15) is 18.0 Å². The molecule has 1 unspecified atom stereocenters. The molecule has 8 nitrogen and oxygen atoms in total. The van der Waals surface area contributed by atoms with Crippen LogP contribution < -0.4 is 10.5 Å². The van der Waals surface area contributed by atoms with Crippen LogP contribution in [0.1, 0.15) is 49.0 Å². The highest BCUT2D eigenvalue weighted by Gasteiger charge is 2.27. The van der Waals surface area contributed by atoms with Gasteiger partial charge in [0.05, 0.1) is 0 Å². The molecule has 2 aromatic carbocycles. The van der Waals surface area contributed by atoms with E-state index in [0.29, 0.717) is 42.7 Å². The van der Waals surface area contributed by atoms with Gasteiger partial charge in [-0.3, -0.25) is 15.3 Å². The molecule has 0 bridgehead atoms. The Labute approximate surface area is 200 Å². The normalized spacial score (nSPS) is 12.1. The summed E-state index contributed by atoms with van der Waals surface area (Å²) in [4.78, 5) is 36.5. The maximum Gasteiger partial charge on any atom is 0.345 e. The van der Waals surface area contributed by atoms with E-state index in [0.717, 1.165) is 0 Å². The van der Waals surface area contributed by atoms with Crippen molar-refractivity contribution in [3.8, 4) is 5.75 Å². The Morgan fingerprint density at radius 3 is 2.35 bits per heavy atom. The third kappa shape index (κ3) is 9.05. The molecule has 1 atom stereocenters. The highest BCUT2D eigenvalue weighted by molar-refractivity contribution is 6.09. The first-order chi connectivity index (χ1) is 16.2. The number of rotatable bonds is 15. The van der Waals surface area contributed by atoms with Crippen LogP contribution in [0.5, 0.6) is 5.75 Å². The lowest BCUT2D eigenvalue weighted by Crippen LogP contribution is -2.38. The van der Waals surface area contributed by atoms with Crippen LogP contribution in [0.3, 0.4) is 0 Å². The van der Waals surface area contributed by atoms with Crippen LogP contribution in [0.25, 0.3) is 0 Å². The minimum atomic E-state index is -0.912. The number of carbonyl (C=O) groups is 3. The number of nitrogens with two attached hydrogens (primary N) is 1. The van der Waals surface area contributed by atoms with Gasteiger partial charge in [-0.2, -0.15) is 0 Å². The van der Waals surface area contributed by atoms with Crippen molar-refractivity contribution < 1.29 is 33.3 Å². The Hall–Kier alpha value is -3.07. The maximum atomic E-state index is 12.6. The molecule has 0 fully saturated rings. The molecular weight excluding hydrogens is 438 g/mol. The first kappa shape index (κ1) is 27.2. The Balaban J connectivity index is 1.69. The van der Waals surface area contributed by atoms with E-state index in [1.165, 1.54) is 7.11 Å². The van der Waals surface area contributed by atoms with Crippen LogP contribution in [0.4, 0.5) is 0 Å². The van der Waals surface area contributed by atoms with E-state index in [1.807, 2.05) is 6.07 Å². The van der Waals surface area contributed by atoms with E-state index in [2.05, 4.69) is 0 Å². The van der Waals surface area contributed by atoms with Crippen LogP contribution in [0.2, 0.25) is 0 Å². The van der Waals surface area contributed by atoms with Crippen molar-refractivity contribution in [3.63, 3.8) is 0 Å². The van der Waals surface area contributed by atoms with E-state index in [-0.39, 0.29) is 24.8 Å². The number of benzene rings is 2. The first-order valence-corrected chi connectivity index (χ1v) is 11.2. The molecule has 2 N–H and O–H groups in total. The third-order valence-electron chi connectivity index (χ3n) is 5.06. The molecule has 0 aliphatic rings. The van der Waals surface area contributed by atoms with Crippen LogP contribution in [-0.4, -0.2) is 56.3 Å². The largest absolute Gasteiger partial charge is 0.482 e. The Bertz CT molecular complexity index is 943. The number of Topliss-reactive ketones (excluding diaryl/α,β-unsaturated/α-hetero) is 1. The van der Waals surface area contributed by atoms with Gasteiger partial charge in [0.2, 0.25) is 0 Å². The molecule has 0 aliphatic carbocycles. The molecule has 184 valence electrons. The van der Waals surface area contributed by atoms with E-state index in [4.69, 9.17) is 24.7 Å². The van der Waals surface area contributed by atoms with Crippen LogP contribution >= 0.6 is 0 Å². The summed E-state index contributed by atoms with van der Waals surface area (Å²) in [6.45, 7) is 3.47. The van der Waals surface area contributed by atoms with Gasteiger partial charge in [-0.1, -0.05) is 42.5 Å². The molecule has 0 spiro atoms. The molecule has 0 saturated carbocycles. The van der Waals surface area contributed by atoms with Crippen molar-refractivity contribution in [2.45, 2.75) is 44.9 Å². The third-order valence-corrected chi connectivity index (χ3v) is 5.06. The van der Waals surface area contributed by atoms with Gasteiger partial charge in [-0.15, -0.1) is 0 Å². The molecule has 0 saturated heterocycles. The minimum Gasteiger partial charge on any atom is -0.482 e. The molecule has 0 aromatic heterocycles. The Morgan fingerprint density at radius 1 is 0.941 bits per heavy atom. The second-order valence-electron chi connectivity index (χ2n) is 8.25. The lowest BCUT2D eigenvalue weighted by Gasteiger charge is -2.23. The zero-order valence-electron chi connectivity index (χ0n) is 20.0. The molecule has 34 heavy (non-hydrogen) atoms. The summed E-state index contributed by atoms with van der Waals surface area (Å²) < 4.78 is 21.1. The monoisotopic (exact) mass is 471 g/mol. The van der Waals surface area contributed by atoms with Gasteiger partial charge in [-0.25, -0.2) is 4.79 Å². The maximum absolute atomic E-state index is 12.6. The molecule has 2 rings (SSSR count).